The fourth-order valence-electron chi connectivity index (χ4n) is 1.15. The van der Waals surface area contributed by atoms with E-state index in [0.29, 0.717) is 0 Å². The summed E-state index contributed by atoms with van der Waals surface area (Å²) in [5.74, 6) is 0. The van der Waals surface area contributed by atoms with E-state index in [0.717, 1.165) is 0 Å². The summed E-state index contributed by atoms with van der Waals surface area (Å²) in [6.07, 6.45) is 6.89. The van der Waals surface area contributed by atoms with Gasteiger partial charge in [-0.3, -0.25) is 0 Å². The molecule has 1 aliphatic rings. The average molecular weight is 134 g/mol. The second-order valence-electron chi connectivity index (χ2n) is 2.97. The minimum absolute atomic E-state index is 1.18. The van der Waals surface area contributed by atoms with E-state index in [4.69, 9.17) is 0 Å². The van der Waals surface area contributed by atoms with Crippen LogP contribution in [-0.4, -0.2) is 0 Å². The lowest BCUT2D eigenvalue weighted by molar-refractivity contribution is 0.948. The summed E-state index contributed by atoms with van der Waals surface area (Å²) < 4.78 is 0. The van der Waals surface area contributed by atoms with E-state index in [2.05, 4.69) is 32.6 Å². The second-order valence-corrected chi connectivity index (χ2v) is 2.97. The van der Waals surface area contributed by atoms with Crippen LogP contribution in [0, 0.1) is 0 Å². The molecule has 0 amide bonds. The van der Waals surface area contributed by atoms with Crippen molar-refractivity contribution in [3.05, 3.63) is 35.5 Å². The molecule has 10 heavy (non-hydrogen) atoms. The zero-order valence-electron chi connectivity index (χ0n) is 6.78. The van der Waals surface area contributed by atoms with Crippen LogP contribution in [0.1, 0.15) is 26.7 Å². The van der Waals surface area contributed by atoms with Gasteiger partial charge in [0.2, 0.25) is 0 Å². The van der Waals surface area contributed by atoms with Crippen LogP contribution in [0.4, 0.5) is 0 Å². The maximum atomic E-state index is 3.90. The van der Waals surface area contributed by atoms with Gasteiger partial charge in [-0.1, -0.05) is 29.9 Å². The van der Waals surface area contributed by atoms with E-state index < -0.39 is 0 Å². The molecular weight excluding hydrogens is 120 g/mol. The molecule has 0 saturated heterocycles. The smallest absolute Gasteiger partial charge is 0.0274 e. The lowest BCUT2D eigenvalue weighted by Gasteiger charge is -2.09. The van der Waals surface area contributed by atoms with Crippen LogP contribution in [0.3, 0.4) is 0 Å². The summed E-state index contributed by atoms with van der Waals surface area (Å²) >= 11 is 0. The van der Waals surface area contributed by atoms with Crippen LogP contribution in [0.25, 0.3) is 0 Å². The number of hydrogen-bond donors (Lipinski definition) is 0. The van der Waals surface area contributed by atoms with Gasteiger partial charge in [-0.05, 0) is 32.3 Å². The summed E-state index contributed by atoms with van der Waals surface area (Å²) in [5, 5.41) is 0. The molecule has 0 nitrogen and oxygen atoms in total. The van der Waals surface area contributed by atoms with E-state index in [9.17, 15) is 0 Å². The maximum Gasteiger partial charge on any atom is -0.0274 e. The molecule has 0 spiro atoms. The van der Waals surface area contributed by atoms with Gasteiger partial charge >= 0.3 is 0 Å². The molecule has 0 heteroatoms. The molecule has 0 atom stereocenters. The summed E-state index contributed by atoms with van der Waals surface area (Å²) in [5.41, 5.74) is 3.98. The fraction of sp³-hybridized carbons (Fsp3) is 0.400. The van der Waals surface area contributed by atoms with Gasteiger partial charge in [-0.25, -0.2) is 0 Å². The van der Waals surface area contributed by atoms with Crippen molar-refractivity contribution in [2.75, 3.05) is 0 Å². The molecule has 0 unspecified atom stereocenters. The summed E-state index contributed by atoms with van der Waals surface area (Å²) in [7, 11) is 0. The van der Waals surface area contributed by atoms with Crippen molar-refractivity contribution in [1.82, 2.24) is 0 Å². The quantitative estimate of drug-likeness (QED) is 0.516. The highest BCUT2D eigenvalue weighted by atomic mass is 14.1. The van der Waals surface area contributed by atoms with Crippen molar-refractivity contribution >= 4 is 0 Å². The first-order valence-electron chi connectivity index (χ1n) is 3.73. The van der Waals surface area contributed by atoms with E-state index in [1.807, 2.05) is 0 Å². The first-order chi connectivity index (χ1) is 4.70. The third-order valence-corrected chi connectivity index (χ3v) is 1.80. The molecule has 54 valence electrons. The van der Waals surface area contributed by atoms with Crippen LogP contribution in [0.15, 0.2) is 35.5 Å². The monoisotopic (exact) mass is 134 g/mol. The van der Waals surface area contributed by atoms with Gasteiger partial charge in [0.25, 0.3) is 0 Å². The Bertz CT molecular complexity index is 204. The first-order valence-corrected chi connectivity index (χ1v) is 3.73. The predicted molar refractivity (Wildman–Crippen MR) is 45.9 cm³/mol. The van der Waals surface area contributed by atoms with E-state index in [-0.39, 0.29) is 0 Å². The predicted octanol–water partition coefficient (Wildman–Crippen LogP) is 3.23. The molecule has 0 N–H and O–H groups in total. The second kappa shape index (κ2) is 2.87. The largest absolute Gasteiger partial charge is 0.0955 e. The van der Waals surface area contributed by atoms with Gasteiger partial charge in [-0.15, -0.1) is 0 Å². The van der Waals surface area contributed by atoms with Crippen molar-refractivity contribution in [1.29, 1.82) is 0 Å². The fourth-order valence-corrected chi connectivity index (χ4v) is 1.15. The van der Waals surface area contributed by atoms with Crippen LogP contribution in [-0.2, 0) is 0 Å². The summed E-state index contributed by atoms with van der Waals surface area (Å²) in [6.45, 7) is 8.13. The molecule has 0 saturated carbocycles. The molecule has 0 aromatic heterocycles. The minimum atomic E-state index is 1.18. The van der Waals surface area contributed by atoms with Crippen LogP contribution < -0.4 is 0 Å². The molecule has 0 bridgehead atoms. The summed E-state index contributed by atoms with van der Waals surface area (Å²) in [6, 6.07) is 0. The lowest BCUT2D eigenvalue weighted by atomic mass is 9.97. The zero-order valence-corrected chi connectivity index (χ0v) is 6.78. The molecule has 0 aliphatic heterocycles. The molecule has 0 aromatic carbocycles. The summed E-state index contributed by atoms with van der Waals surface area (Å²) in [4.78, 5) is 0. The van der Waals surface area contributed by atoms with Crippen LogP contribution >= 0.6 is 0 Å². The standard InChI is InChI=1S/C10H14/c1-8(2)10-6-4-5-9(3)7-10/h6-7H,1,4-5H2,2-3H3. The van der Waals surface area contributed by atoms with Gasteiger partial charge in [0.15, 0.2) is 0 Å². The van der Waals surface area contributed by atoms with Crippen molar-refractivity contribution in [3.8, 4) is 0 Å². The first kappa shape index (κ1) is 7.33. The van der Waals surface area contributed by atoms with Gasteiger partial charge in [0.1, 0.15) is 0 Å². The number of hydrogen-bond acceptors (Lipinski definition) is 0. The topological polar surface area (TPSA) is 0 Å². The van der Waals surface area contributed by atoms with E-state index >= 15 is 0 Å². The average Bonchev–Trinajstić information content (AvgIpc) is 1.88. The highest BCUT2D eigenvalue weighted by molar-refractivity contribution is 5.40. The molecule has 0 fully saturated rings. The third-order valence-electron chi connectivity index (χ3n) is 1.80. The normalized spacial score (nSPS) is 17.8. The molecule has 0 heterocycles. The Morgan fingerprint density at radius 2 is 2.30 bits per heavy atom. The highest BCUT2D eigenvalue weighted by Gasteiger charge is 2.00. The Morgan fingerprint density at radius 3 is 2.70 bits per heavy atom. The highest BCUT2D eigenvalue weighted by Crippen LogP contribution is 2.20. The Balaban J connectivity index is 2.79. The lowest BCUT2D eigenvalue weighted by Crippen LogP contribution is -1.89. The molecule has 0 radical (unpaired) electrons. The Morgan fingerprint density at radius 1 is 1.60 bits per heavy atom. The number of allylic oxidation sites excluding steroid dienone is 5. The van der Waals surface area contributed by atoms with Gasteiger partial charge < -0.3 is 0 Å². The third kappa shape index (κ3) is 1.60. The molecule has 1 aliphatic carbocycles. The van der Waals surface area contributed by atoms with Crippen molar-refractivity contribution in [3.63, 3.8) is 0 Å². The SMILES string of the molecule is C=C(C)C1=CCCC(C)=C1. The van der Waals surface area contributed by atoms with Gasteiger partial charge in [0.05, 0.1) is 0 Å². The zero-order chi connectivity index (χ0) is 7.56. The Labute approximate surface area is 62.9 Å². The Kier molecular flexibility index (Phi) is 2.10. The molecular formula is C10H14. The molecule has 1 rings (SSSR count). The van der Waals surface area contributed by atoms with Gasteiger partial charge in [-0.2, -0.15) is 0 Å². The van der Waals surface area contributed by atoms with Crippen LogP contribution in [0.5, 0.6) is 0 Å². The maximum absolute atomic E-state index is 3.90. The van der Waals surface area contributed by atoms with Crippen molar-refractivity contribution < 1.29 is 0 Å². The van der Waals surface area contributed by atoms with Crippen molar-refractivity contribution in [2.45, 2.75) is 26.7 Å². The molecule has 0 aromatic rings. The van der Waals surface area contributed by atoms with E-state index in [1.54, 1.807) is 0 Å². The van der Waals surface area contributed by atoms with Crippen molar-refractivity contribution in [2.24, 2.45) is 0 Å². The van der Waals surface area contributed by atoms with E-state index in [1.165, 1.54) is 29.6 Å². The van der Waals surface area contributed by atoms with Gasteiger partial charge in [0, 0.05) is 0 Å². The Hall–Kier alpha value is -0.780. The van der Waals surface area contributed by atoms with Crippen LogP contribution in [0.2, 0.25) is 0 Å². The minimum Gasteiger partial charge on any atom is -0.0955 e. The number of rotatable bonds is 1.